The van der Waals surface area contributed by atoms with Crippen LogP contribution in [0.4, 0.5) is 0 Å². The predicted octanol–water partition coefficient (Wildman–Crippen LogP) is 3.10. The van der Waals surface area contributed by atoms with Crippen molar-refractivity contribution in [3.8, 4) is 0 Å². The van der Waals surface area contributed by atoms with Gasteiger partial charge in [-0.05, 0) is 50.2 Å². The van der Waals surface area contributed by atoms with E-state index in [1.165, 1.54) is 6.42 Å². The number of rotatable bonds is 2. The standard InChI is InChI=1S/C23H30N2O3/c26-22(16-6-2-1-3-7-16)25-19-9-5-4-8-17(19)14-20(25)23(27)24-12-10-21-18(15-24)11-13-28-21/h1-3,6-7,17-21H,4-5,8-15H2/t17-,18+,19-,20+,21-/m1/s1. The van der Waals surface area contributed by atoms with Crippen molar-refractivity contribution in [2.24, 2.45) is 11.8 Å². The van der Waals surface area contributed by atoms with E-state index in [-0.39, 0.29) is 23.9 Å². The summed E-state index contributed by atoms with van der Waals surface area (Å²) < 4.78 is 5.80. The van der Waals surface area contributed by atoms with Gasteiger partial charge in [0.25, 0.3) is 5.91 Å². The fourth-order valence-corrected chi connectivity index (χ4v) is 5.99. The second-order valence-electron chi connectivity index (χ2n) is 8.97. The molecule has 0 aromatic heterocycles. The largest absolute Gasteiger partial charge is 0.378 e. The minimum Gasteiger partial charge on any atom is -0.378 e. The molecule has 0 bridgehead atoms. The highest BCUT2D eigenvalue weighted by molar-refractivity contribution is 5.98. The fourth-order valence-electron chi connectivity index (χ4n) is 5.99. The van der Waals surface area contributed by atoms with Crippen LogP contribution >= 0.6 is 0 Å². The Morgan fingerprint density at radius 1 is 0.964 bits per heavy atom. The normalized spacial score (nSPS) is 34.8. The quantitative estimate of drug-likeness (QED) is 0.790. The van der Waals surface area contributed by atoms with E-state index in [1.54, 1.807) is 0 Å². The van der Waals surface area contributed by atoms with Gasteiger partial charge in [-0.15, -0.1) is 0 Å². The first-order valence-electron chi connectivity index (χ1n) is 11.0. The molecule has 4 fully saturated rings. The molecule has 5 atom stereocenters. The molecule has 2 amide bonds. The van der Waals surface area contributed by atoms with Crippen molar-refractivity contribution in [2.45, 2.75) is 63.1 Å². The average molecular weight is 383 g/mol. The Bertz CT molecular complexity index is 737. The summed E-state index contributed by atoms with van der Waals surface area (Å²) in [5.41, 5.74) is 0.703. The lowest BCUT2D eigenvalue weighted by atomic mass is 9.84. The molecule has 1 aromatic rings. The highest BCUT2D eigenvalue weighted by Gasteiger charge is 2.49. The molecule has 0 unspecified atom stereocenters. The molecule has 5 heteroatoms. The molecule has 0 N–H and O–H groups in total. The third kappa shape index (κ3) is 3.14. The van der Waals surface area contributed by atoms with Crippen molar-refractivity contribution in [3.63, 3.8) is 0 Å². The van der Waals surface area contributed by atoms with Gasteiger partial charge in [0.2, 0.25) is 5.91 Å². The number of carbonyl (C=O) groups is 2. The molecule has 3 saturated heterocycles. The maximum absolute atomic E-state index is 13.6. The first kappa shape index (κ1) is 18.2. The van der Waals surface area contributed by atoms with Crippen LogP contribution in [-0.2, 0) is 9.53 Å². The highest BCUT2D eigenvalue weighted by Crippen LogP contribution is 2.41. The van der Waals surface area contributed by atoms with E-state index < -0.39 is 0 Å². The molecule has 5 nitrogen and oxygen atoms in total. The van der Waals surface area contributed by atoms with Crippen molar-refractivity contribution in [2.75, 3.05) is 19.7 Å². The van der Waals surface area contributed by atoms with Crippen molar-refractivity contribution in [1.29, 1.82) is 0 Å². The minimum absolute atomic E-state index is 0.0347. The van der Waals surface area contributed by atoms with Gasteiger partial charge in [0.1, 0.15) is 6.04 Å². The Morgan fingerprint density at radius 2 is 1.79 bits per heavy atom. The van der Waals surface area contributed by atoms with E-state index in [9.17, 15) is 9.59 Å². The fraction of sp³-hybridized carbons (Fsp3) is 0.652. The summed E-state index contributed by atoms with van der Waals surface area (Å²) in [5, 5.41) is 0. The number of hydrogen-bond acceptors (Lipinski definition) is 3. The van der Waals surface area contributed by atoms with Crippen LogP contribution in [-0.4, -0.2) is 59.5 Å². The molecule has 3 heterocycles. The molecule has 150 valence electrons. The number of likely N-dealkylation sites (tertiary alicyclic amines) is 2. The van der Waals surface area contributed by atoms with Crippen molar-refractivity contribution >= 4 is 11.8 Å². The number of piperidine rings is 1. The molecule has 1 aromatic carbocycles. The molecule has 5 rings (SSSR count). The maximum atomic E-state index is 13.6. The lowest BCUT2D eigenvalue weighted by Crippen LogP contribution is -2.54. The van der Waals surface area contributed by atoms with Gasteiger partial charge in [-0.3, -0.25) is 9.59 Å². The summed E-state index contributed by atoms with van der Waals surface area (Å²) in [5.74, 6) is 1.15. The summed E-state index contributed by atoms with van der Waals surface area (Å²) in [6.45, 7) is 2.38. The second kappa shape index (κ2) is 7.51. The summed E-state index contributed by atoms with van der Waals surface area (Å²) in [6.07, 6.45) is 7.71. The zero-order valence-electron chi connectivity index (χ0n) is 16.5. The van der Waals surface area contributed by atoms with Gasteiger partial charge in [0.05, 0.1) is 6.10 Å². The zero-order valence-corrected chi connectivity index (χ0v) is 16.5. The summed E-state index contributed by atoms with van der Waals surface area (Å²) in [4.78, 5) is 31.0. The van der Waals surface area contributed by atoms with E-state index in [1.807, 2.05) is 40.1 Å². The average Bonchev–Trinajstić information content (AvgIpc) is 3.37. The lowest BCUT2D eigenvalue weighted by Gasteiger charge is -2.38. The molecule has 0 radical (unpaired) electrons. The van der Waals surface area contributed by atoms with Crippen LogP contribution in [0.1, 0.15) is 55.3 Å². The van der Waals surface area contributed by atoms with Crippen LogP contribution in [0.2, 0.25) is 0 Å². The topological polar surface area (TPSA) is 49.9 Å². The van der Waals surface area contributed by atoms with Crippen molar-refractivity contribution < 1.29 is 14.3 Å². The van der Waals surface area contributed by atoms with Gasteiger partial charge in [-0.25, -0.2) is 0 Å². The molecule has 3 aliphatic heterocycles. The summed E-state index contributed by atoms with van der Waals surface area (Å²) in [6, 6.07) is 9.43. The number of fused-ring (bicyclic) bond motifs is 2. The Labute approximate surface area is 167 Å². The monoisotopic (exact) mass is 382 g/mol. The number of amides is 2. The molecule has 28 heavy (non-hydrogen) atoms. The number of hydrogen-bond donors (Lipinski definition) is 0. The Balaban J connectivity index is 1.39. The lowest BCUT2D eigenvalue weighted by molar-refractivity contribution is -0.138. The van der Waals surface area contributed by atoms with E-state index in [0.29, 0.717) is 23.5 Å². The number of ether oxygens (including phenoxy) is 1. The van der Waals surface area contributed by atoms with Crippen LogP contribution in [0.15, 0.2) is 30.3 Å². The van der Waals surface area contributed by atoms with Gasteiger partial charge in [-0.1, -0.05) is 31.0 Å². The van der Waals surface area contributed by atoms with Gasteiger partial charge < -0.3 is 14.5 Å². The van der Waals surface area contributed by atoms with E-state index in [0.717, 1.165) is 58.2 Å². The highest BCUT2D eigenvalue weighted by atomic mass is 16.5. The van der Waals surface area contributed by atoms with Crippen LogP contribution < -0.4 is 0 Å². The van der Waals surface area contributed by atoms with Crippen LogP contribution in [0.5, 0.6) is 0 Å². The van der Waals surface area contributed by atoms with E-state index in [2.05, 4.69) is 0 Å². The third-order valence-electron chi connectivity index (χ3n) is 7.42. The third-order valence-corrected chi connectivity index (χ3v) is 7.42. The molecule has 0 spiro atoms. The van der Waals surface area contributed by atoms with Crippen LogP contribution in [0.25, 0.3) is 0 Å². The summed E-state index contributed by atoms with van der Waals surface area (Å²) in [7, 11) is 0. The first-order valence-corrected chi connectivity index (χ1v) is 11.0. The van der Waals surface area contributed by atoms with Crippen molar-refractivity contribution in [3.05, 3.63) is 35.9 Å². The molecule has 4 aliphatic rings. The van der Waals surface area contributed by atoms with E-state index >= 15 is 0 Å². The maximum Gasteiger partial charge on any atom is 0.254 e. The number of nitrogens with zero attached hydrogens (tertiary/aromatic N) is 2. The van der Waals surface area contributed by atoms with Gasteiger partial charge in [-0.2, -0.15) is 0 Å². The minimum atomic E-state index is -0.292. The van der Waals surface area contributed by atoms with E-state index in [4.69, 9.17) is 4.74 Å². The number of carbonyl (C=O) groups excluding carboxylic acids is 2. The predicted molar refractivity (Wildman–Crippen MR) is 106 cm³/mol. The van der Waals surface area contributed by atoms with Gasteiger partial charge >= 0.3 is 0 Å². The zero-order chi connectivity index (χ0) is 19.1. The summed E-state index contributed by atoms with van der Waals surface area (Å²) >= 11 is 0. The number of benzene rings is 1. The SMILES string of the molecule is O=C([C@@H]1C[C@H]2CCCC[C@H]2N1C(=O)c1ccccc1)N1CC[C@H]2OCC[C@H]2C1. The molecule has 1 aliphatic carbocycles. The van der Waals surface area contributed by atoms with Crippen LogP contribution in [0, 0.1) is 11.8 Å². The van der Waals surface area contributed by atoms with Gasteiger partial charge in [0.15, 0.2) is 0 Å². The Hall–Kier alpha value is -1.88. The van der Waals surface area contributed by atoms with Crippen LogP contribution in [0.3, 0.4) is 0 Å². The van der Waals surface area contributed by atoms with Crippen molar-refractivity contribution in [1.82, 2.24) is 9.80 Å². The molecule has 1 saturated carbocycles. The molecular formula is C23H30N2O3. The Morgan fingerprint density at radius 3 is 2.64 bits per heavy atom. The first-order chi connectivity index (χ1) is 13.7. The second-order valence-corrected chi connectivity index (χ2v) is 8.97. The van der Waals surface area contributed by atoms with Gasteiger partial charge in [0, 0.05) is 37.2 Å². The Kier molecular flexibility index (Phi) is 4.87. The molecular weight excluding hydrogens is 352 g/mol. The smallest absolute Gasteiger partial charge is 0.254 e.